The first-order valence-electron chi connectivity index (χ1n) is 5.31. The van der Waals surface area contributed by atoms with E-state index in [0.29, 0.717) is 0 Å². The first kappa shape index (κ1) is 9.78. The van der Waals surface area contributed by atoms with Gasteiger partial charge >= 0.3 is 0 Å². The Morgan fingerprint density at radius 3 is 2.93 bits per heavy atom. The molecule has 0 atom stereocenters. The highest BCUT2D eigenvalue weighted by atomic mass is 14.7. The van der Waals surface area contributed by atoms with Crippen LogP contribution >= 0.6 is 0 Å². The zero-order valence-electron chi connectivity index (χ0n) is 8.90. The second-order valence-corrected chi connectivity index (χ2v) is 3.49. The van der Waals surface area contributed by atoms with Crippen LogP contribution in [0, 0.1) is 0 Å². The van der Waals surface area contributed by atoms with Crippen LogP contribution < -0.4 is 0 Å². The van der Waals surface area contributed by atoms with Crippen LogP contribution in [0.5, 0.6) is 0 Å². The Balaban J connectivity index is 2.28. The lowest BCUT2D eigenvalue weighted by Gasteiger charge is -1.89. The zero-order chi connectivity index (χ0) is 10.5. The Hall–Kier alpha value is -1.76. The van der Waals surface area contributed by atoms with Gasteiger partial charge in [-0.15, -0.1) is 0 Å². The molecule has 0 fully saturated rings. The van der Waals surface area contributed by atoms with Gasteiger partial charge in [0.05, 0.1) is 0 Å². The summed E-state index contributed by atoms with van der Waals surface area (Å²) in [5.41, 5.74) is 2.43. The molecule has 0 amide bonds. The normalized spacial score (nSPS) is 12.1. The van der Waals surface area contributed by atoms with E-state index in [2.05, 4.69) is 54.4 Å². The molecule has 2 rings (SSSR count). The molecule has 1 aromatic heterocycles. The summed E-state index contributed by atoms with van der Waals surface area (Å²) in [5.74, 6) is 0. The van der Waals surface area contributed by atoms with Gasteiger partial charge in [-0.2, -0.15) is 0 Å². The van der Waals surface area contributed by atoms with Crippen molar-refractivity contribution < 1.29 is 0 Å². The van der Waals surface area contributed by atoms with E-state index in [1.54, 1.807) is 0 Å². The lowest BCUT2D eigenvalue weighted by Crippen LogP contribution is -1.66. The predicted octanol–water partition coefficient (Wildman–Crippen LogP) is 4.15. The van der Waals surface area contributed by atoms with Crippen LogP contribution in [0.3, 0.4) is 0 Å². The van der Waals surface area contributed by atoms with Gasteiger partial charge in [-0.1, -0.05) is 49.4 Å². The fourth-order valence-corrected chi connectivity index (χ4v) is 1.61. The van der Waals surface area contributed by atoms with Crippen molar-refractivity contribution >= 4 is 17.0 Å². The fourth-order valence-electron chi connectivity index (χ4n) is 1.61. The first-order valence-corrected chi connectivity index (χ1v) is 5.31. The monoisotopic (exact) mass is 197 g/mol. The molecule has 1 nitrogen and oxygen atoms in total. The molecule has 2 aromatic rings. The molecule has 1 heteroatoms. The number of hydrogen-bond acceptors (Lipinski definition) is 0. The van der Waals surface area contributed by atoms with Crippen molar-refractivity contribution in [2.45, 2.75) is 13.3 Å². The van der Waals surface area contributed by atoms with Gasteiger partial charge in [0, 0.05) is 17.1 Å². The van der Waals surface area contributed by atoms with Gasteiger partial charge in [0.1, 0.15) is 0 Å². The second kappa shape index (κ2) is 4.65. The lowest BCUT2D eigenvalue weighted by molar-refractivity contribution is 1.22. The number of benzene rings is 1. The third-order valence-corrected chi connectivity index (χ3v) is 2.38. The Labute approximate surface area is 90.1 Å². The summed E-state index contributed by atoms with van der Waals surface area (Å²) >= 11 is 0. The molecular formula is C14H15N. The van der Waals surface area contributed by atoms with Crippen LogP contribution in [-0.4, -0.2) is 4.98 Å². The largest absolute Gasteiger partial charge is 0.361 e. The van der Waals surface area contributed by atoms with E-state index in [4.69, 9.17) is 0 Å². The van der Waals surface area contributed by atoms with Crippen molar-refractivity contribution in [3.8, 4) is 0 Å². The van der Waals surface area contributed by atoms with Crippen molar-refractivity contribution in [1.82, 2.24) is 4.98 Å². The summed E-state index contributed by atoms with van der Waals surface area (Å²) in [7, 11) is 0. The first-order chi connectivity index (χ1) is 7.42. The van der Waals surface area contributed by atoms with Gasteiger partial charge in [-0.25, -0.2) is 0 Å². The summed E-state index contributed by atoms with van der Waals surface area (Å²) in [4.78, 5) is 3.25. The predicted molar refractivity (Wildman–Crippen MR) is 66.8 cm³/mol. The van der Waals surface area contributed by atoms with E-state index in [1.165, 1.54) is 16.5 Å². The summed E-state index contributed by atoms with van der Waals surface area (Å²) in [6.07, 6.45) is 11.6. The van der Waals surface area contributed by atoms with Crippen LogP contribution in [-0.2, 0) is 0 Å². The third kappa shape index (κ3) is 2.18. The molecule has 0 aliphatic carbocycles. The van der Waals surface area contributed by atoms with E-state index < -0.39 is 0 Å². The minimum absolute atomic E-state index is 1.08. The maximum absolute atomic E-state index is 3.25. The third-order valence-electron chi connectivity index (χ3n) is 2.38. The maximum Gasteiger partial charge on any atom is 0.0460 e. The Morgan fingerprint density at radius 1 is 1.20 bits per heavy atom. The molecule has 1 heterocycles. The topological polar surface area (TPSA) is 15.8 Å². The van der Waals surface area contributed by atoms with Crippen molar-refractivity contribution in [2.75, 3.05) is 0 Å². The average molecular weight is 197 g/mol. The molecule has 1 N–H and O–H groups in total. The molecule has 76 valence electrons. The fraction of sp³-hybridized carbons (Fsp3) is 0.143. The number of fused-ring (bicyclic) bond motifs is 1. The minimum atomic E-state index is 1.08. The summed E-state index contributed by atoms with van der Waals surface area (Å²) < 4.78 is 0. The quantitative estimate of drug-likeness (QED) is 0.711. The molecule has 0 spiro atoms. The number of aromatic nitrogens is 1. The van der Waals surface area contributed by atoms with Crippen LogP contribution in [0.4, 0.5) is 0 Å². The average Bonchev–Trinajstić information content (AvgIpc) is 2.68. The summed E-state index contributed by atoms with van der Waals surface area (Å²) in [6, 6.07) is 8.34. The van der Waals surface area contributed by atoms with E-state index in [9.17, 15) is 0 Å². The number of allylic oxidation sites excluding steroid dienone is 3. The molecule has 1 aromatic carbocycles. The zero-order valence-corrected chi connectivity index (χ0v) is 8.90. The van der Waals surface area contributed by atoms with Gasteiger partial charge in [-0.3, -0.25) is 0 Å². The molecular weight excluding hydrogens is 182 g/mol. The van der Waals surface area contributed by atoms with Gasteiger partial charge in [0.2, 0.25) is 0 Å². The van der Waals surface area contributed by atoms with Crippen molar-refractivity contribution in [2.24, 2.45) is 0 Å². The molecule has 0 saturated carbocycles. The van der Waals surface area contributed by atoms with E-state index in [1.807, 2.05) is 12.3 Å². The number of para-hydroxylation sites is 1. The number of nitrogens with one attached hydrogen (secondary N) is 1. The Kier molecular flexibility index (Phi) is 3.03. The highest BCUT2D eigenvalue weighted by Gasteiger charge is 1.97. The van der Waals surface area contributed by atoms with E-state index in [-0.39, 0.29) is 0 Å². The molecule has 15 heavy (non-hydrogen) atoms. The van der Waals surface area contributed by atoms with Gasteiger partial charge in [0.15, 0.2) is 0 Å². The SMILES string of the molecule is CC/C=C\C=C/c1c[nH]c2ccccc12. The minimum Gasteiger partial charge on any atom is -0.361 e. The van der Waals surface area contributed by atoms with E-state index >= 15 is 0 Å². The van der Waals surface area contributed by atoms with Gasteiger partial charge in [0.25, 0.3) is 0 Å². The summed E-state index contributed by atoms with van der Waals surface area (Å²) in [5, 5.41) is 1.28. The van der Waals surface area contributed by atoms with Gasteiger partial charge in [-0.05, 0) is 18.1 Å². The van der Waals surface area contributed by atoms with Crippen LogP contribution in [0.15, 0.2) is 48.7 Å². The Morgan fingerprint density at radius 2 is 2.07 bits per heavy atom. The van der Waals surface area contributed by atoms with Crippen LogP contribution in [0.1, 0.15) is 18.9 Å². The number of hydrogen-bond donors (Lipinski definition) is 1. The standard InChI is InChI=1S/C14H15N/c1-2-3-4-5-8-12-11-15-14-10-7-6-9-13(12)14/h3-11,15H,2H2,1H3/b4-3-,8-5-. The lowest BCUT2D eigenvalue weighted by atomic mass is 10.1. The van der Waals surface area contributed by atoms with Crippen molar-refractivity contribution in [3.63, 3.8) is 0 Å². The van der Waals surface area contributed by atoms with Crippen molar-refractivity contribution in [1.29, 1.82) is 0 Å². The molecule has 0 aliphatic rings. The molecule has 0 saturated heterocycles. The summed E-state index contributed by atoms with van der Waals surface area (Å²) in [6.45, 7) is 2.13. The molecule has 0 unspecified atom stereocenters. The van der Waals surface area contributed by atoms with Crippen LogP contribution in [0.25, 0.3) is 17.0 Å². The van der Waals surface area contributed by atoms with Gasteiger partial charge < -0.3 is 4.98 Å². The number of aromatic amines is 1. The smallest absolute Gasteiger partial charge is 0.0460 e. The maximum atomic E-state index is 3.25. The number of rotatable bonds is 3. The highest BCUT2D eigenvalue weighted by Crippen LogP contribution is 2.18. The highest BCUT2D eigenvalue weighted by molar-refractivity contribution is 5.88. The Bertz CT molecular complexity index is 489. The molecule has 0 aliphatic heterocycles. The molecule has 0 radical (unpaired) electrons. The molecule has 0 bridgehead atoms. The van der Waals surface area contributed by atoms with E-state index in [0.717, 1.165) is 6.42 Å². The second-order valence-electron chi connectivity index (χ2n) is 3.49. The van der Waals surface area contributed by atoms with Crippen LogP contribution in [0.2, 0.25) is 0 Å². The number of H-pyrrole nitrogens is 1. The van der Waals surface area contributed by atoms with Crippen molar-refractivity contribution in [3.05, 3.63) is 54.3 Å².